The Labute approximate surface area is 126 Å². The maximum absolute atomic E-state index is 4.67. The van der Waals surface area contributed by atoms with E-state index in [1.165, 1.54) is 17.7 Å². The van der Waals surface area contributed by atoms with Crippen LogP contribution in [0.15, 0.2) is 30.6 Å². The molecular weight excluding hydrogens is 260 g/mol. The molecule has 0 saturated heterocycles. The first-order valence-electron chi connectivity index (χ1n) is 7.76. The van der Waals surface area contributed by atoms with E-state index in [1.807, 2.05) is 31.5 Å². The molecule has 4 nitrogen and oxygen atoms in total. The molecule has 2 aromatic heterocycles. The summed E-state index contributed by atoms with van der Waals surface area (Å²) < 4.78 is 0. The molecule has 0 aromatic carbocycles. The minimum absolute atomic E-state index is 0.214. The summed E-state index contributed by atoms with van der Waals surface area (Å²) in [5.41, 5.74) is 3.71. The fourth-order valence-electron chi connectivity index (χ4n) is 3.29. The maximum atomic E-state index is 4.67. The maximum Gasteiger partial charge on any atom is 0.125 e. The highest BCUT2D eigenvalue weighted by Crippen LogP contribution is 2.38. The van der Waals surface area contributed by atoms with Crippen molar-refractivity contribution in [3.8, 4) is 0 Å². The van der Waals surface area contributed by atoms with Gasteiger partial charge in [0, 0.05) is 24.0 Å². The largest absolute Gasteiger partial charge is 0.308 e. The number of aryl methyl sites for hydroxylation is 2. The summed E-state index contributed by atoms with van der Waals surface area (Å²) in [6.07, 6.45) is 7.27. The van der Waals surface area contributed by atoms with Crippen LogP contribution < -0.4 is 5.32 Å². The van der Waals surface area contributed by atoms with Crippen LogP contribution >= 0.6 is 0 Å². The molecule has 0 fully saturated rings. The van der Waals surface area contributed by atoms with Gasteiger partial charge < -0.3 is 5.32 Å². The molecule has 2 aromatic rings. The summed E-state index contributed by atoms with van der Waals surface area (Å²) in [4.78, 5) is 13.5. The Hall–Kier alpha value is -1.81. The van der Waals surface area contributed by atoms with Crippen molar-refractivity contribution in [3.63, 3.8) is 0 Å². The summed E-state index contributed by atoms with van der Waals surface area (Å²) in [5, 5.41) is 3.61. The highest BCUT2D eigenvalue weighted by molar-refractivity contribution is 5.29. The lowest BCUT2D eigenvalue weighted by molar-refractivity contribution is 0.393. The lowest BCUT2D eigenvalue weighted by Crippen LogP contribution is -2.30. The quantitative estimate of drug-likeness (QED) is 0.936. The number of hydrogen-bond acceptors (Lipinski definition) is 4. The van der Waals surface area contributed by atoms with E-state index in [0.717, 1.165) is 30.9 Å². The van der Waals surface area contributed by atoms with Crippen LogP contribution in [0.25, 0.3) is 0 Å². The molecule has 21 heavy (non-hydrogen) atoms. The number of nitrogens with one attached hydrogen (secondary N) is 1. The molecule has 4 heteroatoms. The SMILES string of the molecule is CCNC(c1ccnc(C)n1)C1CCCc2cccnc21. The molecule has 0 radical (unpaired) electrons. The molecule has 0 aliphatic heterocycles. The molecule has 0 spiro atoms. The van der Waals surface area contributed by atoms with Crippen molar-refractivity contribution in [2.75, 3.05) is 6.54 Å². The summed E-state index contributed by atoms with van der Waals surface area (Å²) >= 11 is 0. The zero-order chi connectivity index (χ0) is 14.7. The van der Waals surface area contributed by atoms with Gasteiger partial charge in [0.25, 0.3) is 0 Å². The van der Waals surface area contributed by atoms with Crippen LogP contribution in [0.4, 0.5) is 0 Å². The van der Waals surface area contributed by atoms with Gasteiger partial charge in [0.15, 0.2) is 0 Å². The second kappa shape index (κ2) is 6.31. The van der Waals surface area contributed by atoms with E-state index in [4.69, 9.17) is 0 Å². The first-order valence-corrected chi connectivity index (χ1v) is 7.76. The number of pyridine rings is 1. The fraction of sp³-hybridized carbons (Fsp3) is 0.471. The predicted molar refractivity (Wildman–Crippen MR) is 83.1 cm³/mol. The van der Waals surface area contributed by atoms with E-state index in [-0.39, 0.29) is 6.04 Å². The van der Waals surface area contributed by atoms with Crippen molar-refractivity contribution >= 4 is 0 Å². The number of aromatic nitrogens is 3. The van der Waals surface area contributed by atoms with Crippen molar-refractivity contribution in [2.24, 2.45) is 0 Å². The van der Waals surface area contributed by atoms with Gasteiger partial charge in [-0.2, -0.15) is 0 Å². The minimum Gasteiger partial charge on any atom is -0.308 e. The molecule has 2 unspecified atom stereocenters. The Bertz CT molecular complexity index is 611. The van der Waals surface area contributed by atoms with Gasteiger partial charge in [-0.15, -0.1) is 0 Å². The molecule has 0 amide bonds. The third-order valence-electron chi connectivity index (χ3n) is 4.18. The van der Waals surface area contributed by atoms with E-state index >= 15 is 0 Å². The van der Waals surface area contributed by atoms with E-state index in [9.17, 15) is 0 Å². The van der Waals surface area contributed by atoms with Crippen LogP contribution in [0, 0.1) is 6.92 Å². The van der Waals surface area contributed by atoms with Gasteiger partial charge in [0.05, 0.1) is 11.7 Å². The van der Waals surface area contributed by atoms with E-state index < -0.39 is 0 Å². The standard InChI is InChI=1S/C17H22N4/c1-3-18-17(15-9-11-19-12(2)21-15)14-8-4-6-13-7-5-10-20-16(13)14/h5,7,9-11,14,17-18H,3-4,6,8H2,1-2H3. The fourth-order valence-corrected chi connectivity index (χ4v) is 3.29. The normalized spacial score (nSPS) is 19.0. The van der Waals surface area contributed by atoms with Crippen LogP contribution in [0.5, 0.6) is 0 Å². The molecule has 1 aliphatic rings. The highest BCUT2D eigenvalue weighted by atomic mass is 15.0. The average Bonchev–Trinajstić information content (AvgIpc) is 2.52. The van der Waals surface area contributed by atoms with Crippen molar-refractivity contribution in [1.82, 2.24) is 20.3 Å². The third kappa shape index (κ3) is 2.95. The summed E-state index contributed by atoms with van der Waals surface area (Å²) in [7, 11) is 0. The lowest BCUT2D eigenvalue weighted by Gasteiger charge is -2.31. The zero-order valence-corrected chi connectivity index (χ0v) is 12.7. The Morgan fingerprint density at radius 3 is 3.00 bits per heavy atom. The smallest absolute Gasteiger partial charge is 0.125 e. The number of likely N-dealkylation sites (N-methyl/N-ethyl adjacent to an activating group) is 1. The minimum atomic E-state index is 0.214. The third-order valence-corrected chi connectivity index (χ3v) is 4.18. The van der Waals surface area contributed by atoms with Gasteiger partial charge in [0.1, 0.15) is 5.82 Å². The van der Waals surface area contributed by atoms with Gasteiger partial charge >= 0.3 is 0 Å². The van der Waals surface area contributed by atoms with E-state index in [1.54, 1.807) is 0 Å². The molecule has 110 valence electrons. The average molecular weight is 282 g/mol. The Morgan fingerprint density at radius 1 is 1.29 bits per heavy atom. The second-order valence-corrected chi connectivity index (χ2v) is 5.61. The summed E-state index contributed by atoms with van der Waals surface area (Å²) in [6.45, 7) is 5.01. The lowest BCUT2D eigenvalue weighted by atomic mass is 9.80. The first-order chi connectivity index (χ1) is 10.3. The van der Waals surface area contributed by atoms with Crippen LogP contribution in [0.1, 0.15) is 54.5 Å². The molecule has 2 heterocycles. The van der Waals surface area contributed by atoms with Gasteiger partial charge in [-0.3, -0.25) is 4.98 Å². The van der Waals surface area contributed by atoms with Crippen molar-refractivity contribution in [3.05, 3.63) is 53.4 Å². The number of fused-ring (bicyclic) bond motifs is 1. The van der Waals surface area contributed by atoms with Crippen LogP contribution in [-0.2, 0) is 6.42 Å². The highest BCUT2D eigenvalue weighted by Gasteiger charge is 2.30. The number of rotatable bonds is 4. The van der Waals surface area contributed by atoms with Crippen molar-refractivity contribution in [2.45, 2.75) is 45.1 Å². The summed E-state index contributed by atoms with van der Waals surface area (Å²) in [6, 6.07) is 6.49. The van der Waals surface area contributed by atoms with E-state index in [0.29, 0.717) is 5.92 Å². The molecular formula is C17H22N4. The van der Waals surface area contributed by atoms with Crippen molar-refractivity contribution < 1.29 is 0 Å². The Kier molecular flexibility index (Phi) is 4.25. The molecule has 1 N–H and O–H groups in total. The monoisotopic (exact) mass is 282 g/mol. The summed E-state index contributed by atoms with van der Waals surface area (Å²) in [5.74, 6) is 1.22. The molecule has 0 saturated carbocycles. The predicted octanol–water partition coefficient (Wildman–Crippen LogP) is 2.95. The van der Waals surface area contributed by atoms with Gasteiger partial charge in [0.2, 0.25) is 0 Å². The van der Waals surface area contributed by atoms with Crippen LogP contribution in [-0.4, -0.2) is 21.5 Å². The number of hydrogen-bond donors (Lipinski definition) is 1. The van der Waals surface area contributed by atoms with Crippen molar-refractivity contribution in [1.29, 1.82) is 0 Å². The van der Waals surface area contributed by atoms with Crippen LogP contribution in [0.2, 0.25) is 0 Å². The topological polar surface area (TPSA) is 50.7 Å². The van der Waals surface area contributed by atoms with Gasteiger partial charge in [-0.25, -0.2) is 9.97 Å². The first kappa shape index (κ1) is 14.1. The Balaban J connectivity index is 1.99. The number of nitrogens with zero attached hydrogens (tertiary/aromatic N) is 3. The van der Waals surface area contributed by atoms with Gasteiger partial charge in [-0.05, 0) is 50.4 Å². The molecule has 3 rings (SSSR count). The zero-order valence-electron chi connectivity index (χ0n) is 12.7. The molecule has 2 atom stereocenters. The van der Waals surface area contributed by atoms with Gasteiger partial charge in [-0.1, -0.05) is 13.0 Å². The molecule has 1 aliphatic carbocycles. The second-order valence-electron chi connectivity index (χ2n) is 5.61. The van der Waals surface area contributed by atoms with E-state index in [2.05, 4.69) is 33.3 Å². The molecule has 0 bridgehead atoms. The Morgan fingerprint density at radius 2 is 2.19 bits per heavy atom. The van der Waals surface area contributed by atoms with Crippen LogP contribution in [0.3, 0.4) is 0 Å².